The van der Waals surface area contributed by atoms with Crippen molar-refractivity contribution in [2.75, 3.05) is 19.6 Å². The summed E-state index contributed by atoms with van der Waals surface area (Å²) in [7, 11) is 0. The molecule has 0 aromatic heterocycles. The molecule has 20 heavy (non-hydrogen) atoms. The standard InChI is InChI=1S/C19H31N/c1-16-6-5-13-20(14-11-16)15-12-17-7-9-18(10-8-17)19(2,3)4/h7-10,16H,5-6,11-15H2,1-4H3. The summed E-state index contributed by atoms with van der Waals surface area (Å²) >= 11 is 0. The van der Waals surface area contributed by atoms with Gasteiger partial charge in [0.1, 0.15) is 0 Å². The number of rotatable bonds is 3. The third-order valence-corrected chi connectivity index (χ3v) is 4.65. The van der Waals surface area contributed by atoms with E-state index in [2.05, 4.69) is 56.9 Å². The van der Waals surface area contributed by atoms with Crippen LogP contribution in [0.3, 0.4) is 0 Å². The molecule has 112 valence electrons. The average molecular weight is 273 g/mol. The van der Waals surface area contributed by atoms with E-state index < -0.39 is 0 Å². The summed E-state index contributed by atoms with van der Waals surface area (Å²) in [5.74, 6) is 0.922. The first-order valence-corrected chi connectivity index (χ1v) is 8.27. The molecule has 1 unspecified atom stereocenters. The number of benzene rings is 1. The fraction of sp³-hybridized carbons (Fsp3) is 0.684. The van der Waals surface area contributed by atoms with Crippen LogP contribution in [0.15, 0.2) is 24.3 Å². The minimum atomic E-state index is 0.263. The van der Waals surface area contributed by atoms with Crippen LogP contribution in [0.25, 0.3) is 0 Å². The molecule has 1 saturated heterocycles. The summed E-state index contributed by atoms with van der Waals surface area (Å²) in [4.78, 5) is 2.65. The molecule has 1 aromatic carbocycles. The smallest absolute Gasteiger partial charge is 0.00218 e. The SMILES string of the molecule is CC1CCCN(CCc2ccc(C(C)(C)C)cc2)CC1. The number of hydrogen-bond acceptors (Lipinski definition) is 1. The highest BCUT2D eigenvalue weighted by Crippen LogP contribution is 2.22. The van der Waals surface area contributed by atoms with Crippen molar-refractivity contribution in [3.8, 4) is 0 Å². The van der Waals surface area contributed by atoms with Crippen molar-refractivity contribution in [2.24, 2.45) is 5.92 Å². The van der Waals surface area contributed by atoms with Gasteiger partial charge in [0.05, 0.1) is 0 Å². The normalized spacial score (nSPS) is 21.7. The Labute approximate surface area is 125 Å². The number of hydrogen-bond donors (Lipinski definition) is 0. The number of likely N-dealkylation sites (tertiary alicyclic amines) is 1. The maximum absolute atomic E-state index is 2.65. The lowest BCUT2D eigenvalue weighted by Gasteiger charge is -2.21. The van der Waals surface area contributed by atoms with Crippen molar-refractivity contribution < 1.29 is 0 Å². The van der Waals surface area contributed by atoms with E-state index in [0.717, 1.165) is 5.92 Å². The van der Waals surface area contributed by atoms with E-state index in [9.17, 15) is 0 Å². The van der Waals surface area contributed by atoms with Gasteiger partial charge in [-0.15, -0.1) is 0 Å². The molecule has 1 nitrogen and oxygen atoms in total. The first-order valence-electron chi connectivity index (χ1n) is 8.27. The first kappa shape index (κ1) is 15.6. The van der Waals surface area contributed by atoms with Gasteiger partial charge in [-0.05, 0) is 61.2 Å². The molecule has 0 saturated carbocycles. The maximum atomic E-state index is 2.65. The van der Waals surface area contributed by atoms with Gasteiger partial charge < -0.3 is 4.90 Å². The molecule has 0 aliphatic carbocycles. The molecule has 1 heteroatoms. The molecule has 1 fully saturated rings. The van der Waals surface area contributed by atoms with E-state index in [0.29, 0.717) is 0 Å². The lowest BCUT2D eigenvalue weighted by Crippen LogP contribution is -2.27. The van der Waals surface area contributed by atoms with Crippen molar-refractivity contribution >= 4 is 0 Å². The number of nitrogens with zero attached hydrogens (tertiary/aromatic N) is 1. The highest BCUT2D eigenvalue weighted by Gasteiger charge is 2.14. The van der Waals surface area contributed by atoms with Crippen LogP contribution in [0.2, 0.25) is 0 Å². The van der Waals surface area contributed by atoms with E-state index in [-0.39, 0.29) is 5.41 Å². The van der Waals surface area contributed by atoms with Gasteiger partial charge in [0.2, 0.25) is 0 Å². The fourth-order valence-corrected chi connectivity index (χ4v) is 3.00. The Morgan fingerprint density at radius 3 is 2.40 bits per heavy atom. The molecular weight excluding hydrogens is 242 g/mol. The van der Waals surface area contributed by atoms with Crippen molar-refractivity contribution in [3.63, 3.8) is 0 Å². The van der Waals surface area contributed by atoms with Gasteiger partial charge in [-0.1, -0.05) is 52.0 Å². The van der Waals surface area contributed by atoms with Crippen LogP contribution < -0.4 is 0 Å². The van der Waals surface area contributed by atoms with E-state index in [4.69, 9.17) is 0 Å². The highest BCUT2D eigenvalue weighted by molar-refractivity contribution is 5.27. The van der Waals surface area contributed by atoms with Crippen molar-refractivity contribution in [1.29, 1.82) is 0 Å². The second-order valence-electron chi connectivity index (χ2n) is 7.57. The summed E-state index contributed by atoms with van der Waals surface area (Å²) in [6.45, 7) is 13.0. The van der Waals surface area contributed by atoms with Gasteiger partial charge >= 0.3 is 0 Å². The van der Waals surface area contributed by atoms with Crippen LogP contribution in [0.5, 0.6) is 0 Å². The quantitative estimate of drug-likeness (QED) is 0.775. The van der Waals surface area contributed by atoms with Gasteiger partial charge in [-0.25, -0.2) is 0 Å². The third kappa shape index (κ3) is 4.63. The summed E-state index contributed by atoms with van der Waals surface area (Å²) in [6, 6.07) is 9.25. The minimum Gasteiger partial charge on any atom is -0.303 e. The summed E-state index contributed by atoms with van der Waals surface area (Å²) < 4.78 is 0. The molecule has 0 bridgehead atoms. The Hall–Kier alpha value is -0.820. The summed E-state index contributed by atoms with van der Waals surface area (Å²) in [5, 5.41) is 0. The van der Waals surface area contributed by atoms with Gasteiger partial charge in [-0.2, -0.15) is 0 Å². The second-order valence-corrected chi connectivity index (χ2v) is 7.57. The molecule has 1 heterocycles. The van der Waals surface area contributed by atoms with Gasteiger partial charge in [0.25, 0.3) is 0 Å². The fourth-order valence-electron chi connectivity index (χ4n) is 3.00. The minimum absolute atomic E-state index is 0.263. The summed E-state index contributed by atoms with van der Waals surface area (Å²) in [6.07, 6.45) is 5.36. The van der Waals surface area contributed by atoms with Crippen LogP contribution in [0.4, 0.5) is 0 Å². The topological polar surface area (TPSA) is 3.24 Å². The Kier molecular flexibility index (Phi) is 5.26. The van der Waals surface area contributed by atoms with Crippen LogP contribution in [-0.2, 0) is 11.8 Å². The van der Waals surface area contributed by atoms with Crippen molar-refractivity contribution in [3.05, 3.63) is 35.4 Å². The molecule has 1 atom stereocenters. The molecule has 1 aliphatic heterocycles. The Bertz CT molecular complexity index is 399. The molecule has 0 spiro atoms. The van der Waals surface area contributed by atoms with Crippen LogP contribution in [-0.4, -0.2) is 24.5 Å². The van der Waals surface area contributed by atoms with E-state index >= 15 is 0 Å². The molecule has 0 N–H and O–H groups in total. The first-order chi connectivity index (χ1) is 9.45. The van der Waals surface area contributed by atoms with E-state index in [1.54, 1.807) is 0 Å². The molecule has 2 rings (SSSR count). The predicted octanol–water partition coefficient (Wildman–Crippen LogP) is 4.65. The predicted molar refractivity (Wildman–Crippen MR) is 88.3 cm³/mol. The van der Waals surface area contributed by atoms with Crippen LogP contribution in [0, 0.1) is 5.92 Å². The van der Waals surface area contributed by atoms with Gasteiger partial charge in [0.15, 0.2) is 0 Å². The van der Waals surface area contributed by atoms with Gasteiger partial charge in [0, 0.05) is 6.54 Å². The zero-order valence-corrected chi connectivity index (χ0v) is 13.8. The van der Waals surface area contributed by atoms with E-state index in [1.165, 1.54) is 56.4 Å². The Morgan fingerprint density at radius 1 is 1.05 bits per heavy atom. The average Bonchev–Trinajstić information content (AvgIpc) is 2.61. The molecule has 1 aliphatic rings. The molecular formula is C19H31N. The lowest BCUT2D eigenvalue weighted by atomic mass is 9.86. The zero-order valence-electron chi connectivity index (χ0n) is 13.8. The van der Waals surface area contributed by atoms with E-state index in [1.807, 2.05) is 0 Å². The largest absolute Gasteiger partial charge is 0.303 e. The Balaban J connectivity index is 1.84. The summed E-state index contributed by atoms with van der Waals surface area (Å²) in [5.41, 5.74) is 3.18. The van der Waals surface area contributed by atoms with Crippen LogP contribution in [0.1, 0.15) is 58.1 Å². The molecule has 0 amide bonds. The Morgan fingerprint density at radius 2 is 1.75 bits per heavy atom. The maximum Gasteiger partial charge on any atom is 0.00218 e. The molecule has 1 aromatic rings. The lowest BCUT2D eigenvalue weighted by molar-refractivity contribution is 0.285. The van der Waals surface area contributed by atoms with Crippen molar-refractivity contribution in [2.45, 2.75) is 58.8 Å². The van der Waals surface area contributed by atoms with Gasteiger partial charge in [-0.3, -0.25) is 0 Å². The zero-order chi connectivity index (χ0) is 14.6. The van der Waals surface area contributed by atoms with Crippen molar-refractivity contribution in [1.82, 2.24) is 4.90 Å². The van der Waals surface area contributed by atoms with Crippen LogP contribution >= 0.6 is 0 Å². The second kappa shape index (κ2) is 6.76. The third-order valence-electron chi connectivity index (χ3n) is 4.65. The molecule has 0 radical (unpaired) electrons. The highest BCUT2D eigenvalue weighted by atomic mass is 15.1. The monoisotopic (exact) mass is 273 g/mol.